The van der Waals surface area contributed by atoms with Crippen molar-refractivity contribution < 1.29 is 9.47 Å². The first-order valence-corrected chi connectivity index (χ1v) is 5.57. The van der Waals surface area contributed by atoms with E-state index in [4.69, 9.17) is 9.47 Å². The Kier molecular flexibility index (Phi) is 3.78. The van der Waals surface area contributed by atoms with Gasteiger partial charge in [0.15, 0.2) is 0 Å². The summed E-state index contributed by atoms with van der Waals surface area (Å²) in [5.41, 5.74) is 2.24. The second kappa shape index (κ2) is 5.51. The topological polar surface area (TPSA) is 18.5 Å². The third kappa shape index (κ3) is 2.66. The average molecular weight is 228 g/mol. The van der Waals surface area contributed by atoms with Crippen LogP contribution in [0.15, 0.2) is 54.6 Å². The molecule has 2 aromatic carbocycles. The molecule has 0 N–H and O–H groups in total. The predicted molar refractivity (Wildman–Crippen MR) is 68.3 cm³/mol. The molecule has 17 heavy (non-hydrogen) atoms. The Morgan fingerprint density at radius 2 is 1.53 bits per heavy atom. The van der Waals surface area contributed by atoms with Gasteiger partial charge in [-0.05, 0) is 23.3 Å². The van der Waals surface area contributed by atoms with Gasteiger partial charge in [0.2, 0.25) is 0 Å². The van der Waals surface area contributed by atoms with Gasteiger partial charge in [-0.15, -0.1) is 0 Å². The molecule has 88 valence electrons. The Balaban J connectivity index is 2.35. The van der Waals surface area contributed by atoms with E-state index in [0.29, 0.717) is 0 Å². The molecule has 0 spiro atoms. The number of methoxy groups -OCH3 is 2. The van der Waals surface area contributed by atoms with Crippen molar-refractivity contribution >= 4 is 0 Å². The molecular formula is C15H16O2. The summed E-state index contributed by atoms with van der Waals surface area (Å²) in [5, 5.41) is 0. The lowest BCUT2D eigenvalue weighted by atomic mass is 10.0. The molecule has 0 saturated carbocycles. The highest BCUT2D eigenvalue weighted by molar-refractivity contribution is 5.35. The van der Waals surface area contributed by atoms with E-state index >= 15 is 0 Å². The van der Waals surface area contributed by atoms with E-state index in [-0.39, 0.29) is 6.10 Å². The molecule has 2 nitrogen and oxygen atoms in total. The van der Waals surface area contributed by atoms with Crippen LogP contribution < -0.4 is 4.74 Å². The molecule has 0 aliphatic carbocycles. The van der Waals surface area contributed by atoms with Crippen LogP contribution in [0.4, 0.5) is 0 Å². The summed E-state index contributed by atoms with van der Waals surface area (Å²) < 4.78 is 10.8. The van der Waals surface area contributed by atoms with Crippen molar-refractivity contribution in [1.29, 1.82) is 0 Å². The van der Waals surface area contributed by atoms with Crippen molar-refractivity contribution in [3.8, 4) is 5.75 Å². The molecule has 2 rings (SSSR count). The molecule has 0 aromatic heterocycles. The molecule has 2 heteroatoms. The lowest BCUT2D eigenvalue weighted by molar-refractivity contribution is 0.136. The minimum absolute atomic E-state index is 0.0497. The van der Waals surface area contributed by atoms with Gasteiger partial charge in [-0.1, -0.05) is 42.5 Å². The van der Waals surface area contributed by atoms with Crippen LogP contribution in [-0.2, 0) is 4.74 Å². The van der Waals surface area contributed by atoms with Crippen molar-refractivity contribution in [2.75, 3.05) is 14.2 Å². The monoisotopic (exact) mass is 228 g/mol. The first-order chi connectivity index (χ1) is 8.35. The molecule has 0 aliphatic heterocycles. The Labute approximate surface area is 102 Å². The van der Waals surface area contributed by atoms with Gasteiger partial charge in [-0.2, -0.15) is 0 Å². The average Bonchev–Trinajstić information content (AvgIpc) is 2.41. The zero-order valence-electron chi connectivity index (χ0n) is 10.1. The van der Waals surface area contributed by atoms with Crippen molar-refractivity contribution in [3.05, 3.63) is 65.7 Å². The second-order valence-electron chi connectivity index (χ2n) is 3.80. The number of rotatable bonds is 4. The third-order valence-electron chi connectivity index (χ3n) is 2.73. The highest BCUT2D eigenvalue weighted by Gasteiger charge is 2.13. The summed E-state index contributed by atoms with van der Waals surface area (Å²) >= 11 is 0. The standard InChI is InChI=1S/C15H16O2/c1-16-14-10-6-9-13(11-14)15(17-2)12-7-4-3-5-8-12/h3-11,15H,1-2H3. The number of ether oxygens (including phenoxy) is 2. The molecule has 0 amide bonds. The first kappa shape index (κ1) is 11.7. The molecule has 0 radical (unpaired) electrons. The van der Waals surface area contributed by atoms with Gasteiger partial charge < -0.3 is 9.47 Å². The maximum atomic E-state index is 5.57. The molecule has 0 bridgehead atoms. The number of hydrogen-bond acceptors (Lipinski definition) is 2. The van der Waals surface area contributed by atoms with Crippen LogP contribution in [0.25, 0.3) is 0 Å². The number of benzene rings is 2. The molecule has 0 heterocycles. The summed E-state index contributed by atoms with van der Waals surface area (Å²) in [6.07, 6.45) is -0.0497. The number of hydrogen-bond donors (Lipinski definition) is 0. The lowest BCUT2D eigenvalue weighted by Gasteiger charge is -2.16. The summed E-state index contributed by atoms with van der Waals surface area (Å²) in [6, 6.07) is 18.1. The Bertz CT molecular complexity index is 465. The highest BCUT2D eigenvalue weighted by Crippen LogP contribution is 2.27. The van der Waals surface area contributed by atoms with Gasteiger partial charge in [0.25, 0.3) is 0 Å². The molecule has 1 unspecified atom stereocenters. The quantitative estimate of drug-likeness (QED) is 0.798. The predicted octanol–water partition coefficient (Wildman–Crippen LogP) is 3.43. The summed E-state index contributed by atoms with van der Waals surface area (Å²) in [5.74, 6) is 0.848. The van der Waals surface area contributed by atoms with Gasteiger partial charge in [0.05, 0.1) is 7.11 Å². The van der Waals surface area contributed by atoms with Gasteiger partial charge in [0.1, 0.15) is 11.9 Å². The second-order valence-corrected chi connectivity index (χ2v) is 3.80. The van der Waals surface area contributed by atoms with Crippen LogP contribution in [-0.4, -0.2) is 14.2 Å². The highest BCUT2D eigenvalue weighted by atomic mass is 16.5. The van der Waals surface area contributed by atoms with E-state index in [1.807, 2.05) is 42.5 Å². The minimum atomic E-state index is -0.0497. The Morgan fingerprint density at radius 3 is 2.18 bits per heavy atom. The fourth-order valence-corrected chi connectivity index (χ4v) is 1.90. The molecular weight excluding hydrogens is 212 g/mol. The summed E-state index contributed by atoms with van der Waals surface area (Å²) in [4.78, 5) is 0. The van der Waals surface area contributed by atoms with Gasteiger partial charge in [-0.3, -0.25) is 0 Å². The molecule has 0 aliphatic rings. The van der Waals surface area contributed by atoms with Crippen molar-refractivity contribution in [2.24, 2.45) is 0 Å². The van der Waals surface area contributed by atoms with Crippen molar-refractivity contribution in [2.45, 2.75) is 6.10 Å². The van der Waals surface area contributed by atoms with E-state index in [2.05, 4.69) is 12.1 Å². The van der Waals surface area contributed by atoms with Crippen LogP contribution in [0, 0.1) is 0 Å². The normalized spacial score (nSPS) is 12.1. The fraction of sp³-hybridized carbons (Fsp3) is 0.200. The first-order valence-electron chi connectivity index (χ1n) is 5.57. The van der Waals surface area contributed by atoms with Crippen LogP contribution in [0.1, 0.15) is 17.2 Å². The van der Waals surface area contributed by atoms with Gasteiger partial charge in [0, 0.05) is 7.11 Å². The zero-order chi connectivity index (χ0) is 12.1. The Hall–Kier alpha value is -1.80. The van der Waals surface area contributed by atoms with E-state index in [1.165, 1.54) is 0 Å². The van der Waals surface area contributed by atoms with E-state index in [0.717, 1.165) is 16.9 Å². The van der Waals surface area contributed by atoms with Crippen molar-refractivity contribution in [1.82, 2.24) is 0 Å². The summed E-state index contributed by atoms with van der Waals surface area (Å²) in [6.45, 7) is 0. The maximum absolute atomic E-state index is 5.57. The third-order valence-corrected chi connectivity index (χ3v) is 2.73. The molecule has 0 saturated heterocycles. The van der Waals surface area contributed by atoms with Crippen LogP contribution in [0.5, 0.6) is 5.75 Å². The SMILES string of the molecule is COc1cccc(C(OC)c2ccccc2)c1. The minimum Gasteiger partial charge on any atom is -0.497 e. The van der Waals surface area contributed by atoms with E-state index in [9.17, 15) is 0 Å². The Morgan fingerprint density at radius 1 is 0.824 bits per heavy atom. The van der Waals surface area contributed by atoms with Crippen molar-refractivity contribution in [3.63, 3.8) is 0 Å². The summed E-state index contributed by atoms with van der Waals surface area (Å²) in [7, 11) is 3.39. The molecule has 0 fully saturated rings. The van der Waals surface area contributed by atoms with E-state index < -0.39 is 0 Å². The van der Waals surface area contributed by atoms with Gasteiger partial charge in [-0.25, -0.2) is 0 Å². The smallest absolute Gasteiger partial charge is 0.119 e. The van der Waals surface area contributed by atoms with Gasteiger partial charge >= 0.3 is 0 Å². The van der Waals surface area contributed by atoms with Crippen LogP contribution >= 0.6 is 0 Å². The molecule has 2 aromatic rings. The zero-order valence-corrected chi connectivity index (χ0v) is 10.1. The van der Waals surface area contributed by atoms with Crippen LogP contribution in [0.2, 0.25) is 0 Å². The lowest BCUT2D eigenvalue weighted by Crippen LogP contribution is -2.03. The van der Waals surface area contributed by atoms with E-state index in [1.54, 1.807) is 14.2 Å². The largest absolute Gasteiger partial charge is 0.497 e. The van der Waals surface area contributed by atoms with Crippen LogP contribution in [0.3, 0.4) is 0 Å². The molecule has 1 atom stereocenters. The fourth-order valence-electron chi connectivity index (χ4n) is 1.90. The maximum Gasteiger partial charge on any atom is 0.119 e.